The van der Waals surface area contributed by atoms with E-state index in [2.05, 4.69) is 27.9 Å². The molecule has 0 radical (unpaired) electrons. The molecule has 1 fully saturated rings. The minimum atomic E-state index is -3.45. The lowest BCUT2D eigenvalue weighted by Gasteiger charge is -2.34. The maximum Gasteiger partial charge on any atom is 0.243 e. The molecule has 1 aliphatic rings. The molecule has 1 aromatic heterocycles. The molecule has 1 saturated heterocycles. The summed E-state index contributed by atoms with van der Waals surface area (Å²) in [6.07, 6.45) is 1.57. The summed E-state index contributed by atoms with van der Waals surface area (Å²) >= 11 is 0. The number of benzene rings is 2. The number of nitrogens with zero attached hydrogens (tertiary/aromatic N) is 4. The smallest absolute Gasteiger partial charge is 0.243 e. The van der Waals surface area contributed by atoms with Gasteiger partial charge in [-0.1, -0.05) is 42.5 Å². The number of anilines is 1. The molecule has 28 heavy (non-hydrogen) atoms. The number of aryl methyl sites for hydroxylation is 1. The summed E-state index contributed by atoms with van der Waals surface area (Å²) in [5.41, 5.74) is 3.12. The zero-order valence-electron chi connectivity index (χ0n) is 15.7. The summed E-state index contributed by atoms with van der Waals surface area (Å²) in [7, 11) is -3.45. The van der Waals surface area contributed by atoms with E-state index in [0.717, 1.165) is 22.6 Å². The van der Waals surface area contributed by atoms with Crippen LogP contribution in [0.3, 0.4) is 0 Å². The van der Waals surface area contributed by atoms with Crippen molar-refractivity contribution in [3.8, 4) is 11.3 Å². The molecule has 0 amide bonds. The summed E-state index contributed by atoms with van der Waals surface area (Å²) < 4.78 is 27.1. The van der Waals surface area contributed by atoms with Gasteiger partial charge in [0.25, 0.3) is 0 Å². The van der Waals surface area contributed by atoms with Crippen molar-refractivity contribution in [2.24, 2.45) is 0 Å². The normalized spacial score (nSPS) is 15.5. The van der Waals surface area contributed by atoms with Crippen molar-refractivity contribution < 1.29 is 8.42 Å². The van der Waals surface area contributed by atoms with Gasteiger partial charge in [0.05, 0.1) is 10.6 Å². The largest absolute Gasteiger partial charge is 0.354 e. The van der Waals surface area contributed by atoms with E-state index in [1.54, 1.807) is 34.9 Å². The first-order valence-electron chi connectivity index (χ1n) is 9.24. The maximum atomic E-state index is 12.8. The standard InChI is InChI=1S/C21H22N4O2S/c1-17-7-5-6-10-19(17)20-15-21(23-16-22-20)24-11-13-25(14-12-24)28(26,27)18-8-3-2-4-9-18/h2-10,15-16H,11-14H2,1H3. The zero-order chi connectivity index (χ0) is 19.6. The summed E-state index contributed by atoms with van der Waals surface area (Å²) in [6, 6.07) is 18.7. The lowest BCUT2D eigenvalue weighted by molar-refractivity contribution is 0.384. The summed E-state index contributed by atoms with van der Waals surface area (Å²) in [5.74, 6) is 0.824. The second-order valence-corrected chi connectivity index (χ2v) is 8.72. The number of sulfonamides is 1. The van der Waals surface area contributed by atoms with Gasteiger partial charge in [-0.2, -0.15) is 4.31 Å². The molecule has 2 aromatic carbocycles. The summed E-state index contributed by atoms with van der Waals surface area (Å²) in [5, 5.41) is 0. The van der Waals surface area contributed by atoms with E-state index in [9.17, 15) is 8.42 Å². The van der Waals surface area contributed by atoms with Gasteiger partial charge in [0, 0.05) is 37.8 Å². The van der Waals surface area contributed by atoms with Gasteiger partial charge in [0.1, 0.15) is 12.1 Å². The molecule has 0 unspecified atom stereocenters. The Morgan fingerprint density at radius 3 is 2.25 bits per heavy atom. The molecular weight excluding hydrogens is 372 g/mol. The zero-order valence-corrected chi connectivity index (χ0v) is 16.5. The van der Waals surface area contributed by atoms with E-state index < -0.39 is 10.0 Å². The van der Waals surface area contributed by atoms with Gasteiger partial charge in [-0.05, 0) is 24.6 Å². The fourth-order valence-electron chi connectivity index (χ4n) is 3.43. The Kier molecular flexibility index (Phi) is 5.11. The molecule has 4 rings (SSSR count). The fourth-order valence-corrected chi connectivity index (χ4v) is 4.87. The number of rotatable bonds is 4. The Morgan fingerprint density at radius 1 is 0.857 bits per heavy atom. The van der Waals surface area contributed by atoms with Gasteiger partial charge in [-0.25, -0.2) is 18.4 Å². The SMILES string of the molecule is Cc1ccccc1-c1cc(N2CCN(S(=O)(=O)c3ccccc3)CC2)ncn1. The molecular formula is C21H22N4O2S. The highest BCUT2D eigenvalue weighted by Crippen LogP contribution is 2.25. The number of piperazine rings is 1. The van der Waals surface area contributed by atoms with Crippen LogP contribution in [0.1, 0.15) is 5.56 Å². The molecule has 0 N–H and O–H groups in total. The molecule has 2 heterocycles. The lowest BCUT2D eigenvalue weighted by Crippen LogP contribution is -2.48. The van der Waals surface area contributed by atoms with Crippen molar-refractivity contribution in [2.75, 3.05) is 31.1 Å². The van der Waals surface area contributed by atoms with Crippen molar-refractivity contribution in [3.05, 3.63) is 72.6 Å². The highest BCUT2D eigenvalue weighted by Gasteiger charge is 2.28. The van der Waals surface area contributed by atoms with Crippen LogP contribution in [0.15, 0.2) is 71.9 Å². The summed E-state index contributed by atoms with van der Waals surface area (Å²) in [4.78, 5) is 11.3. The molecule has 6 nitrogen and oxygen atoms in total. The third-order valence-corrected chi connectivity index (χ3v) is 6.93. The molecule has 3 aromatic rings. The van der Waals surface area contributed by atoms with Crippen LogP contribution in [0.4, 0.5) is 5.82 Å². The van der Waals surface area contributed by atoms with E-state index in [-0.39, 0.29) is 0 Å². The first-order valence-corrected chi connectivity index (χ1v) is 10.7. The number of hydrogen-bond acceptors (Lipinski definition) is 5. The highest BCUT2D eigenvalue weighted by atomic mass is 32.2. The van der Waals surface area contributed by atoms with E-state index in [0.29, 0.717) is 31.1 Å². The average Bonchev–Trinajstić information content (AvgIpc) is 2.75. The van der Waals surface area contributed by atoms with Crippen molar-refractivity contribution in [3.63, 3.8) is 0 Å². The van der Waals surface area contributed by atoms with Crippen LogP contribution in [0.5, 0.6) is 0 Å². The molecule has 0 bridgehead atoms. The molecule has 0 aliphatic carbocycles. The first-order chi connectivity index (χ1) is 13.6. The molecule has 1 aliphatic heterocycles. The van der Waals surface area contributed by atoms with Crippen LogP contribution in [0, 0.1) is 6.92 Å². The van der Waals surface area contributed by atoms with Crippen molar-refractivity contribution >= 4 is 15.8 Å². The monoisotopic (exact) mass is 394 g/mol. The first kappa shape index (κ1) is 18.6. The molecule has 0 atom stereocenters. The fraction of sp³-hybridized carbons (Fsp3) is 0.238. The minimum absolute atomic E-state index is 0.340. The minimum Gasteiger partial charge on any atom is -0.354 e. The van der Waals surface area contributed by atoms with Crippen LogP contribution in [-0.2, 0) is 10.0 Å². The molecule has 0 saturated carbocycles. The van der Waals surface area contributed by atoms with Gasteiger partial charge in [-0.3, -0.25) is 0 Å². The van der Waals surface area contributed by atoms with E-state index in [1.165, 1.54) is 0 Å². The van der Waals surface area contributed by atoms with Crippen LogP contribution in [0.2, 0.25) is 0 Å². The van der Waals surface area contributed by atoms with Crippen LogP contribution in [0.25, 0.3) is 11.3 Å². The van der Waals surface area contributed by atoms with Gasteiger partial charge < -0.3 is 4.90 Å². The van der Waals surface area contributed by atoms with Crippen molar-refractivity contribution in [1.82, 2.24) is 14.3 Å². The Bertz CT molecular complexity index is 1060. The van der Waals surface area contributed by atoms with Gasteiger partial charge in [0.15, 0.2) is 0 Å². The lowest BCUT2D eigenvalue weighted by atomic mass is 10.1. The Labute approximate surface area is 165 Å². The van der Waals surface area contributed by atoms with E-state index >= 15 is 0 Å². The van der Waals surface area contributed by atoms with Crippen LogP contribution >= 0.6 is 0 Å². The quantitative estimate of drug-likeness (QED) is 0.681. The van der Waals surface area contributed by atoms with Crippen LogP contribution < -0.4 is 4.90 Å². The van der Waals surface area contributed by atoms with Gasteiger partial charge in [-0.15, -0.1) is 0 Å². The Morgan fingerprint density at radius 2 is 1.54 bits per heavy atom. The summed E-state index contributed by atoms with van der Waals surface area (Å²) in [6.45, 7) is 4.11. The number of aromatic nitrogens is 2. The van der Waals surface area contributed by atoms with Crippen LogP contribution in [-0.4, -0.2) is 48.9 Å². The predicted octanol–water partition coefficient (Wildman–Crippen LogP) is 2.96. The number of hydrogen-bond donors (Lipinski definition) is 0. The average molecular weight is 395 g/mol. The van der Waals surface area contributed by atoms with Gasteiger partial charge >= 0.3 is 0 Å². The maximum absolute atomic E-state index is 12.8. The highest BCUT2D eigenvalue weighted by molar-refractivity contribution is 7.89. The topological polar surface area (TPSA) is 66.4 Å². The van der Waals surface area contributed by atoms with E-state index in [4.69, 9.17) is 0 Å². The van der Waals surface area contributed by atoms with Crippen molar-refractivity contribution in [2.45, 2.75) is 11.8 Å². The van der Waals surface area contributed by atoms with E-state index in [1.807, 2.05) is 30.3 Å². The second kappa shape index (κ2) is 7.69. The Hall–Kier alpha value is -2.77. The second-order valence-electron chi connectivity index (χ2n) is 6.78. The predicted molar refractivity (Wildman–Crippen MR) is 110 cm³/mol. The third kappa shape index (κ3) is 3.63. The molecule has 144 valence electrons. The Balaban J connectivity index is 1.50. The van der Waals surface area contributed by atoms with Crippen molar-refractivity contribution in [1.29, 1.82) is 0 Å². The molecule has 0 spiro atoms. The third-order valence-electron chi connectivity index (χ3n) is 5.02. The van der Waals surface area contributed by atoms with Gasteiger partial charge in [0.2, 0.25) is 10.0 Å². The molecule has 7 heteroatoms.